The van der Waals surface area contributed by atoms with E-state index >= 15 is 0 Å². The number of hydrogen-bond donors (Lipinski definition) is 1. The third kappa shape index (κ3) is 4.73. The van der Waals surface area contributed by atoms with Crippen LogP contribution in [0.5, 0.6) is 11.5 Å². The predicted molar refractivity (Wildman–Crippen MR) is 97.7 cm³/mol. The van der Waals surface area contributed by atoms with Gasteiger partial charge in [0.25, 0.3) is 0 Å². The van der Waals surface area contributed by atoms with Crippen molar-refractivity contribution in [2.24, 2.45) is 0 Å². The summed E-state index contributed by atoms with van der Waals surface area (Å²) >= 11 is 9.33. The molecular weight excluding hydrogens is 520 g/mol. The summed E-state index contributed by atoms with van der Waals surface area (Å²) in [4.78, 5) is 22.6. The van der Waals surface area contributed by atoms with Crippen LogP contribution >= 0.6 is 47.8 Å². The quantitative estimate of drug-likeness (QED) is 0.246. The second-order valence-electron chi connectivity index (χ2n) is 4.37. The summed E-state index contributed by atoms with van der Waals surface area (Å²) in [7, 11) is 2.90. The summed E-state index contributed by atoms with van der Waals surface area (Å²) in [6.07, 6.45) is -0.797. The number of alkyl carbamates (subject to hydrolysis) is 1. The molecule has 1 rings (SSSR count). The van der Waals surface area contributed by atoms with Gasteiger partial charge in [-0.05, 0) is 19.1 Å². The lowest BCUT2D eigenvalue weighted by atomic mass is 10.1. The van der Waals surface area contributed by atoms with Crippen molar-refractivity contribution in [1.82, 2.24) is 5.32 Å². The molecule has 0 radical (unpaired) electrons. The summed E-state index contributed by atoms with van der Waals surface area (Å²) in [5.74, 6) is 0.782. The number of methoxy groups -OCH3 is 2. The Balaban J connectivity index is 3.43. The van der Waals surface area contributed by atoms with E-state index in [0.717, 1.165) is 0 Å². The molecular formula is C13H15Br3N2O6. The second kappa shape index (κ2) is 8.86. The van der Waals surface area contributed by atoms with Gasteiger partial charge in [0.2, 0.25) is 0 Å². The standard InChI is InChI=1S/C13H15Br3N2O6/c1-4-24-12(19)17-11(13(15,16)18(20)21)7-5-9(22-2)10(23-3)6-8(7)14/h5-6,11H,4H2,1-3H3,(H,17,19). The molecule has 0 spiro atoms. The van der Waals surface area contributed by atoms with Crippen LogP contribution in [-0.2, 0) is 4.74 Å². The molecule has 0 aromatic heterocycles. The number of amides is 1. The highest BCUT2D eigenvalue weighted by atomic mass is 79.9. The minimum absolute atomic E-state index is 0.127. The van der Waals surface area contributed by atoms with Gasteiger partial charge < -0.3 is 19.5 Å². The molecule has 1 unspecified atom stereocenters. The van der Waals surface area contributed by atoms with Crippen molar-refractivity contribution >= 4 is 53.9 Å². The number of nitrogens with one attached hydrogen (secondary N) is 1. The van der Waals surface area contributed by atoms with Crippen LogP contribution in [0.2, 0.25) is 0 Å². The number of carbonyl (C=O) groups is 1. The number of nitro groups is 1. The number of hydrogen-bond acceptors (Lipinski definition) is 6. The highest BCUT2D eigenvalue weighted by molar-refractivity contribution is 9.25. The summed E-state index contributed by atoms with van der Waals surface area (Å²) < 4.78 is 13.8. The lowest BCUT2D eigenvalue weighted by molar-refractivity contribution is -0.509. The third-order valence-corrected chi connectivity index (χ3v) is 5.12. The topological polar surface area (TPSA) is 99.9 Å². The number of halogens is 3. The first kappa shape index (κ1) is 21.0. The number of ether oxygens (including phenoxy) is 3. The first-order valence-corrected chi connectivity index (χ1v) is 8.93. The van der Waals surface area contributed by atoms with Crippen LogP contribution in [0, 0.1) is 10.1 Å². The SMILES string of the molecule is CCOC(=O)NC(c1cc(OC)c(OC)cc1Br)C(Br)(Br)[N+](=O)[O-]. The van der Waals surface area contributed by atoms with E-state index < -0.39 is 20.4 Å². The number of nitrogens with zero attached hydrogens (tertiary/aromatic N) is 1. The van der Waals surface area contributed by atoms with Gasteiger partial charge in [-0.25, -0.2) is 4.79 Å². The molecule has 24 heavy (non-hydrogen) atoms. The van der Waals surface area contributed by atoms with E-state index in [2.05, 4.69) is 53.1 Å². The Hall–Kier alpha value is -1.07. The fourth-order valence-electron chi connectivity index (χ4n) is 1.84. The molecule has 1 aromatic carbocycles. The van der Waals surface area contributed by atoms with Crippen LogP contribution in [0.3, 0.4) is 0 Å². The van der Waals surface area contributed by atoms with E-state index in [4.69, 9.17) is 14.2 Å². The Morgan fingerprint density at radius 2 is 1.88 bits per heavy atom. The van der Waals surface area contributed by atoms with Crippen molar-refractivity contribution in [3.63, 3.8) is 0 Å². The van der Waals surface area contributed by atoms with Crippen LogP contribution in [0.25, 0.3) is 0 Å². The molecule has 0 saturated carbocycles. The minimum Gasteiger partial charge on any atom is -0.493 e. The Labute approximate surface area is 163 Å². The summed E-state index contributed by atoms with van der Waals surface area (Å²) in [6, 6.07) is 1.99. The number of rotatable bonds is 7. The van der Waals surface area contributed by atoms with Gasteiger partial charge in [0.05, 0.1) is 25.7 Å². The maximum absolute atomic E-state index is 11.8. The molecule has 0 saturated heterocycles. The summed E-state index contributed by atoms with van der Waals surface area (Å²) in [5, 5.41) is 13.9. The van der Waals surface area contributed by atoms with Gasteiger partial charge in [0.1, 0.15) is 0 Å². The average Bonchev–Trinajstić information content (AvgIpc) is 2.52. The lowest BCUT2D eigenvalue weighted by Crippen LogP contribution is -2.43. The largest absolute Gasteiger partial charge is 0.493 e. The molecule has 1 N–H and O–H groups in total. The molecule has 0 heterocycles. The Bertz CT molecular complexity index is 626. The fraction of sp³-hybridized carbons (Fsp3) is 0.462. The molecule has 0 bridgehead atoms. The fourth-order valence-corrected chi connectivity index (χ4v) is 3.11. The predicted octanol–water partition coefficient (Wildman–Crippen LogP) is 3.97. The van der Waals surface area contributed by atoms with Gasteiger partial charge in [-0.1, -0.05) is 15.9 Å². The Morgan fingerprint density at radius 3 is 2.33 bits per heavy atom. The first-order chi connectivity index (χ1) is 11.2. The van der Waals surface area contributed by atoms with Gasteiger partial charge >= 0.3 is 9.45 Å². The van der Waals surface area contributed by atoms with Gasteiger partial charge in [-0.3, -0.25) is 10.1 Å². The van der Waals surface area contributed by atoms with Crippen molar-refractivity contribution in [2.75, 3.05) is 20.8 Å². The maximum atomic E-state index is 11.8. The van der Waals surface area contributed by atoms with Crippen LogP contribution in [0.1, 0.15) is 18.5 Å². The van der Waals surface area contributed by atoms with Gasteiger partial charge in [-0.15, -0.1) is 0 Å². The van der Waals surface area contributed by atoms with E-state index in [1.54, 1.807) is 13.0 Å². The first-order valence-electron chi connectivity index (χ1n) is 6.56. The Morgan fingerprint density at radius 1 is 1.33 bits per heavy atom. The van der Waals surface area contributed by atoms with Crippen LogP contribution in [0.15, 0.2) is 16.6 Å². The van der Waals surface area contributed by atoms with Gasteiger partial charge in [-0.2, -0.15) is 0 Å². The molecule has 0 aliphatic carbocycles. The van der Waals surface area contributed by atoms with E-state index in [1.807, 2.05) is 0 Å². The normalized spacial score (nSPS) is 12.2. The van der Waals surface area contributed by atoms with E-state index in [0.29, 0.717) is 21.5 Å². The third-order valence-electron chi connectivity index (χ3n) is 2.94. The lowest BCUT2D eigenvalue weighted by Gasteiger charge is -2.26. The number of carbonyl (C=O) groups excluding carboxylic acids is 1. The molecule has 0 fully saturated rings. The average molecular weight is 535 g/mol. The highest BCUT2D eigenvalue weighted by Crippen LogP contribution is 2.45. The van der Waals surface area contributed by atoms with Crippen LogP contribution in [-0.4, -0.2) is 35.2 Å². The van der Waals surface area contributed by atoms with Crippen LogP contribution in [0.4, 0.5) is 4.79 Å². The second-order valence-corrected chi connectivity index (χ2v) is 8.71. The van der Waals surface area contributed by atoms with Crippen molar-refractivity contribution in [3.05, 3.63) is 32.3 Å². The number of benzene rings is 1. The van der Waals surface area contributed by atoms with Crippen molar-refractivity contribution in [1.29, 1.82) is 0 Å². The van der Waals surface area contributed by atoms with E-state index in [9.17, 15) is 14.9 Å². The molecule has 134 valence electrons. The monoisotopic (exact) mass is 532 g/mol. The van der Waals surface area contributed by atoms with E-state index in [1.165, 1.54) is 20.3 Å². The Kier molecular flexibility index (Phi) is 7.74. The van der Waals surface area contributed by atoms with Gasteiger partial charge in [0, 0.05) is 41.9 Å². The van der Waals surface area contributed by atoms with Gasteiger partial charge in [0.15, 0.2) is 17.5 Å². The molecule has 0 aliphatic heterocycles. The zero-order valence-electron chi connectivity index (χ0n) is 13.0. The summed E-state index contributed by atoms with van der Waals surface area (Å²) in [6.45, 7) is 1.76. The van der Waals surface area contributed by atoms with E-state index in [-0.39, 0.29) is 6.61 Å². The van der Waals surface area contributed by atoms with Crippen molar-refractivity contribution in [2.45, 2.75) is 16.3 Å². The smallest absolute Gasteiger partial charge is 0.407 e. The zero-order valence-corrected chi connectivity index (χ0v) is 17.7. The minimum atomic E-state index is -1.87. The molecule has 8 nitrogen and oxygen atoms in total. The molecule has 11 heteroatoms. The molecule has 1 aromatic rings. The molecule has 0 aliphatic rings. The number of alkyl halides is 2. The highest BCUT2D eigenvalue weighted by Gasteiger charge is 2.49. The van der Waals surface area contributed by atoms with Crippen molar-refractivity contribution in [3.8, 4) is 11.5 Å². The molecule has 1 amide bonds. The summed E-state index contributed by atoms with van der Waals surface area (Å²) in [5.41, 5.74) is 0.381. The maximum Gasteiger partial charge on any atom is 0.407 e. The zero-order chi connectivity index (χ0) is 18.5. The molecule has 1 atom stereocenters. The van der Waals surface area contributed by atoms with Crippen molar-refractivity contribution < 1.29 is 23.9 Å². The van der Waals surface area contributed by atoms with Crippen LogP contribution < -0.4 is 14.8 Å².